The van der Waals surface area contributed by atoms with E-state index in [0.29, 0.717) is 45.1 Å². The van der Waals surface area contributed by atoms with Crippen LogP contribution < -0.4 is 22.1 Å². The van der Waals surface area contributed by atoms with Crippen molar-refractivity contribution >= 4 is 110 Å². The molecule has 14 rings (SSSR count). The number of benzene rings is 2. The first-order valence-corrected chi connectivity index (χ1v) is 36.0. The van der Waals surface area contributed by atoms with Gasteiger partial charge in [-0.05, 0) is 174 Å². The second-order valence-electron chi connectivity index (χ2n) is 25.7. The molecule has 0 amide bonds. The number of hydrogen-bond donors (Lipinski definition) is 6. The molecule has 0 unspecified atom stereocenters. The minimum absolute atomic E-state index is 0. The van der Waals surface area contributed by atoms with E-state index in [9.17, 15) is 4.39 Å². The molecule has 8 aromatic rings. The molecule has 0 atom stereocenters. The van der Waals surface area contributed by atoms with E-state index < -0.39 is 14.3 Å². The van der Waals surface area contributed by atoms with Crippen LogP contribution in [-0.4, -0.2) is 233 Å². The molecular weight excluding hydrogens is 1420 g/mol. The van der Waals surface area contributed by atoms with E-state index >= 15 is 0 Å². The molecule has 3 saturated carbocycles. The van der Waals surface area contributed by atoms with Crippen LogP contribution in [0.5, 0.6) is 11.5 Å². The Labute approximate surface area is 607 Å². The van der Waals surface area contributed by atoms with Crippen molar-refractivity contribution in [3.8, 4) is 11.5 Å². The maximum atomic E-state index is 9.96. The van der Waals surface area contributed by atoms with Gasteiger partial charge in [-0.1, -0.05) is 53.5 Å². The molecular formula is C67H98B2Br2Cl2FN18O4S. The zero-order chi connectivity index (χ0) is 69.5. The molecule has 22 nitrogen and oxygen atoms in total. The zero-order valence-corrected chi connectivity index (χ0v) is 62.2. The molecule has 527 valence electrons. The van der Waals surface area contributed by atoms with Gasteiger partial charge in [-0.3, -0.25) is 32.3 Å². The third-order valence-corrected chi connectivity index (χ3v) is 20.7. The second kappa shape index (κ2) is 40.0. The summed E-state index contributed by atoms with van der Waals surface area (Å²) in [6.45, 7) is 17.9. The van der Waals surface area contributed by atoms with E-state index in [1.54, 1.807) is 56.7 Å². The monoisotopic (exact) mass is 1520 g/mol. The van der Waals surface area contributed by atoms with Crippen LogP contribution >= 0.6 is 67.9 Å². The van der Waals surface area contributed by atoms with Crippen molar-refractivity contribution in [1.82, 2.24) is 78.7 Å². The Morgan fingerprint density at radius 2 is 0.959 bits per heavy atom. The summed E-state index contributed by atoms with van der Waals surface area (Å²) in [5.74, 6) is 6.91. The van der Waals surface area contributed by atoms with Gasteiger partial charge < -0.3 is 46.5 Å². The molecule has 9 heterocycles. The van der Waals surface area contributed by atoms with Crippen molar-refractivity contribution in [2.24, 2.45) is 4.30 Å². The van der Waals surface area contributed by atoms with Crippen LogP contribution in [0.4, 0.5) is 10.2 Å². The van der Waals surface area contributed by atoms with Crippen LogP contribution in [0.25, 0.3) is 16.6 Å². The van der Waals surface area contributed by atoms with Crippen molar-refractivity contribution < 1.29 is 25.7 Å². The first-order valence-electron chi connectivity index (χ1n) is 34.0. The van der Waals surface area contributed by atoms with Gasteiger partial charge in [-0.25, -0.2) is 29.9 Å². The quantitative estimate of drug-likeness (QED) is 0.0580. The number of rotatable bonds is 9. The number of aliphatic hydroxyl groups is 1. The average Bonchev–Trinajstić information content (AvgIpc) is 1.64. The molecule has 97 heavy (non-hydrogen) atoms. The Kier molecular flexibility index (Phi) is 32.2. The van der Waals surface area contributed by atoms with Gasteiger partial charge in [0, 0.05) is 158 Å². The number of fused-ring (bicyclic) bond motifs is 3. The van der Waals surface area contributed by atoms with E-state index in [-0.39, 0.29) is 12.3 Å². The van der Waals surface area contributed by atoms with Crippen molar-refractivity contribution in [1.29, 1.82) is 0 Å². The van der Waals surface area contributed by atoms with Gasteiger partial charge in [0.2, 0.25) is 0 Å². The molecule has 0 spiro atoms. The Morgan fingerprint density at radius 1 is 0.598 bits per heavy atom. The second-order valence-corrected chi connectivity index (χ2v) is 28.1. The molecule has 3 aliphatic carbocycles. The summed E-state index contributed by atoms with van der Waals surface area (Å²) < 4.78 is 31.7. The van der Waals surface area contributed by atoms with Gasteiger partial charge >= 0.3 is 31.9 Å². The number of alkyl halides is 1. The first-order chi connectivity index (χ1) is 46.8. The van der Waals surface area contributed by atoms with Crippen molar-refractivity contribution in [3.63, 3.8) is 0 Å². The zero-order valence-electron chi connectivity index (χ0n) is 57.6. The number of hydrogen-bond acceptors (Lipinski definition) is 20. The first kappa shape index (κ1) is 78.0. The Balaban J connectivity index is 0.000000177. The molecule has 8 N–H and O–H groups in total. The van der Waals surface area contributed by atoms with Crippen LogP contribution in [0.15, 0.2) is 111 Å². The van der Waals surface area contributed by atoms with Gasteiger partial charge in [0.1, 0.15) is 54.7 Å². The number of para-hydroxylation sites is 1. The fraction of sp³-hybridized carbons (Fsp3) is 0.552. The topological polar surface area (TPSA) is 253 Å². The molecule has 1 radical (unpaired) electrons. The predicted molar refractivity (Wildman–Crippen MR) is 400 cm³/mol. The fourth-order valence-electron chi connectivity index (χ4n) is 13.8. The average molecular weight is 1520 g/mol. The van der Waals surface area contributed by atoms with Crippen LogP contribution in [0, 0.1) is 0 Å². The van der Waals surface area contributed by atoms with Gasteiger partial charge in [0.25, 0.3) is 0 Å². The number of aliphatic hydroxyl groups excluding tert-OH is 1. The van der Waals surface area contributed by atoms with Crippen molar-refractivity contribution in [2.75, 3.05) is 113 Å². The molecule has 3 aliphatic heterocycles. The summed E-state index contributed by atoms with van der Waals surface area (Å²) in [7, 11) is 8.55. The maximum absolute atomic E-state index is 9.96. The number of piperazine rings is 3. The summed E-state index contributed by atoms with van der Waals surface area (Å²) in [4.78, 5) is 42.0. The van der Waals surface area contributed by atoms with Gasteiger partial charge in [0.15, 0.2) is 16.1 Å². The Bertz CT molecular complexity index is 3500. The van der Waals surface area contributed by atoms with Crippen LogP contribution in [0.1, 0.15) is 127 Å². The van der Waals surface area contributed by atoms with E-state index in [0.717, 1.165) is 67.1 Å². The number of nitrogen functional groups attached to an aromatic ring is 1. The summed E-state index contributed by atoms with van der Waals surface area (Å²) in [6, 6.07) is 18.3. The SMILES string of the molecule is CC(C)O.CN1CCN(C2CCC(c3nc(Br)c4c(Cl)nccn34)CC2)CC1.CN1CCN(C2CCC(c3nc(Br)c4c(N)nccn34)CC2)CC1.CN1CCN(C2CCC(c3ncc4c(Cl)nccn34)CC2)CC1.N.OB(O)c1ccc(Oc2ccccc2)cc1.[2H]CF.[B]=NS. The van der Waals surface area contributed by atoms with E-state index in [2.05, 4.69) is 140 Å². The van der Waals surface area contributed by atoms with Crippen LogP contribution in [-0.2, 0) is 0 Å². The van der Waals surface area contributed by atoms with Gasteiger partial charge in [0.05, 0.1) is 14.7 Å². The number of nitrogens with two attached hydrogens (primary N) is 1. The third kappa shape index (κ3) is 22.4. The Morgan fingerprint density at radius 3 is 1.38 bits per heavy atom. The number of imidazole rings is 3. The number of likely N-dealkylation sites (N-methyl/N-ethyl adjacent to an activating group) is 3. The van der Waals surface area contributed by atoms with E-state index in [4.69, 9.17) is 60.2 Å². The number of halogens is 5. The standard InChI is InChI=1S/C17H23BrClN5.C17H25BrN6.C17H24ClN5.C12H11BO3.C3H8O.CH3F.BHNS.H3N/c2*1-22-8-10-23(11-9-22)13-4-2-12(3-5-13)17-21-15(18)14-16(19)20-6-7-24(14)17;1-21-8-10-22(11-9-21)14-4-2-13(3-5-14)17-20-12-15-16(18)19-6-7-23(15)17;14-13(15)10-6-8-12(9-7-10)16-11-4-2-1-3-5-11;1-3(2)4;1-2;1-2-3;/h6-7,12-13H,2-5,8-11H2,1H3;6-7,12-13H,2-5,8-11H2,1H3,(H2,19,20);6-7,12-14H,2-5,8-11H2,1H3;1-9,14-15H;3-4H,1-2H3;1H3;3H;1H3/i;;;;;1D;;. The number of thiol groups is 1. The summed E-state index contributed by atoms with van der Waals surface area (Å²) in [6.07, 6.45) is 27.7. The summed E-state index contributed by atoms with van der Waals surface area (Å²) in [5, 5.41) is 26.9. The van der Waals surface area contributed by atoms with Crippen LogP contribution in [0.2, 0.25) is 10.3 Å². The molecule has 0 bridgehead atoms. The summed E-state index contributed by atoms with van der Waals surface area (Å²) >= 11 is 22.7. The molecule has 2 aromatic carbocycles. The van der Waals surface area contributed by atoms with Gasteiger partial charge in [-0.15, -0.1) is 0 Å². The number of aromatic nitrogens is 9. The fourth-order valence-corrected chi connectivity index (χ4v) is 15.5. The molecule has 6 fully saturated rings. The van der Waals surface area contributed by atoms with Crippen molar-refractivity contribution in [3.05, 3.63) is 135 Å². The number of ether oxygens (including phenoxy) is 1. The van der Waals surface area contributed by atoms with Crippen LogP contribution in [0.3, 0.4) is 0 Å². The van der Waals surface area contributed by atoms with E-state index in [1.165, 1.54) is 156 Å². The summed E-state index contributed by atoms with van der Waals surface area (Å²) in [5.41, 5.74) is 9.17. The molecule has 6 aliphatic rings. The number of nitrogens with zero attached hydrogens (tertiary/aromatic N) is 16. The predicted octanol–water partition coefficient (Wildman–Crippen LogP) is 10.9. The molecule has 30 heteroatoms. The number of anilines is 1. The minimum atomic E-state index is -1.44. The van der Waals surface area contributed by atoms with Gasteiger partial charge in [-0.2, -0.15) is 0 Å². The molecule has 3 saturated heterocycles. The van der Waals surface area contributed by atoms with Crippen molar-refractivity contribution in [2.45, 2.75) is 133 Å². The third-order valence-electron chi connectivity index (χ3n) is 19.0. The Hall–Kier alpha value is -4.75. The molecule has 6 aromatic heterocycles. The van der Waals surface area contributed by atoms with E-state index in [1.807, 2.05) is 55.1 Å². The normalized spacial score (nSPS) is 22.2.